The molecule has 10 aromatic rings. The number of aliphatic imine (C=N–C) groups is 1. The standard InChI is InChI=1S/C59H50N4O/c1-58(2,3)41-22-17-37(18-23-41)56-60-53-52-46-28-19-38(35-40(46)21-30-51(52)63(57(53)64-56)45-26-24-42(25-27-45)59(4,5)6)39-20-29-47-50(36-39)48-31-33-61(43-13-9-7-10-14-43)55(48)49-32-34-62(54(47)49)44-15-11-8-12-16-44/h7-36,53,57H,1-6H3. The molecule has 0 aliphatic carbocycles. The predicted octanol–water partition coefficient (Wildman–Crippen LogP) is 15.1. The van der Waals surface area contributed by atoms with Crippen molar-refractivity contribution in [3.05, 3.63) is 205 Å². The first kappa shape index (κ1) is 38.3. The maximum Gasteiger partial charge on any atom is 0.218 e. The largest absolute Gasteiger partial charge is 0.450 e. The Bertz CT molecular complexity index is 3470. The molecule has 4 heterocycles. The lowest BCUT2D eigenvalue weighted by molar-refractivity contribution is 0.210. The van der Waals surface area contributed by atoms with E-state index >= 15 is 0 Å². The maximum absolute atomic E-state index is 6.93. The Morgan fingerprint density at radius 2 is 0.984 bits per heavy atom. The van der Waals surface area contributed by atoms with Crippen LogP contribution in [-0.2, 0) is 15.6 Å². The van der Waals surface area contributed by atoms with Crippen molar-refractivity contribution < 1.29 is 4.74 Å². The molecule has 2 aromatic heterocycles. The third-order valence-electron chi connectivity index (χ3n) is 13.6. The molecule has 0 amide bonds. The van der Waals surface area contributed by atoms with Crippen LogP contribution in [0.4, 0.5) is 11.4 Å². The van der Waals surface area contributed by atoms with Crippen molar-refractivity contribution in [2.75, 3.05) is 4.90 Å². The molecule has 0 saturated heterocycles. The Balaban J connectivity index is 1.00. The van der Waals surface area contributed by atoms with E-state index < -0.39 is 0 Å². The van der Waals surface area contributed by atoms with E-state index in [4.69, 9.17) is 9.73 Å². The van der Waals surface area contributed by atoms with Crippen molar-refractivity contribution in [3.63, 3.8) is 0 Å². The molecule has 0 spiro atoms. The van der Waals surface area contributed by atoms with Gasteiger partial charge < -0.3 is 18.8 Å². The van der Waals surface area contributed by atoms with Gasteiger partial charge in [-0.15, -0.1) is 0 Å². The van der Waals surface area contributed by atoms with Crippen molar-refractivity contribution in [3.8, 4) is 22.5 Å². The molecular formula is C59H50N4O. The molecular weight excluding hydrogens is 781 g/mol. The maximum atomic E-state index is 6.93. The second-order valence-electron chi connectivity index (χ2n) is 19.6. The molecule has 0 bridgehead atoms. The van der Waals surface area contributed by atoms with Crippen LogP contribution in [0, 0.1) is 0 Å². The van der Waals surface area contributed by atoms with Gasteiger partial charge >= 0.3 is 0 Å². The first-order valence-electron chi connectivity index (χ1n) is 22.5. The van der Waals surface area contributed by atoms with Crippen LogP contribution in [0.15, 0.2) is 187 Å². The molecule has 64 heavy (non-hydrogen) atoms. The summed E-state index contributed by atoms with van der Waals surface area (Å²) in [6.45, 7) is 13.5. The zero-order valence-electron chi connectivity index (χ0n) is 37.2. The molecule has 5 heteroatoms. The zero-order valence-corrected chi connectivity index (χ0v) is 37.2. The van der Waals surface area contributed by atoms with Crippen molar-refractivity contribution >= 4 is 60.6 Å². The Hall–Kier alpha value is -7.37. The summed E-state index contributed by atoms with van der Waals surface area (Å²) in [5.41, 5.74) is 14.3. The van der Waals surface area contributed by atoms with Gasteiger partial charge in [-0.3, -0.25) is 0 Å². The molecule has 2 aliphatic rings. The number of hydrogen-bond acceptors (Lipinski definition) is 3. The predicted molar refractivity (Wildman–Crippen MR) is 267 cm³/mol. The first-order chi connectivity index (χ1) is 31.0. The van der Waals surface area contributed by atoms with Crippen LogP contribution >= 0.6 is 0 Å². The molecule has 0 N–H and O–H groups in total. The van der Waals surface area contributed by atoms with E-state index in [9.17, 15) is 0 Å². The van der Waals surface area contributed by atoms with Gasteiger partial charge in [0.2, 0.25) is 12.1 Å². The zero-order chi connectivity index (χ0) is 43.5. The molecule has 8 aromatic carbocycles. The van der Waals surface area contributed by atoms with Crippen molar-refractivity contribution in [1.82, 2.24) is 9.13 Å². The van der Waals surface area contributed by atoms with E-state index in [0.717, 1.165) is 28.3 Å². The van der Waals surface area contributed by atoms with E-state index in [0.29, 0.717) is 5.90 Å². The molecule has 12 rings (SSSR count). The highest BCUT2D eigenvalue weighted by Crippen LogP contribution is 2.52. The van der Waals surface area contributed by atoms with Gasteiger partial charge in [0.1, 0.15) is 6.04 Å². The molecule has 2 atom stereocenters. The van der Waals surface area contributed by atoms with Crippen LogP contribution in [0.5, 0.6) is 0 Å². The van der Waals surface area contributed by atoms with Gasteiger partial charge in [0, 0.05) is 56.7 Å². The number of para-hydroxylation sites is 2. The van der Waals surface area contributed by atoms with Crippen LogP contribution in [0.2, 0.25) is 0 Å². The monoisotopic (exact) mass is 830 g/mol. The van der Waals surface area contributed by atoms with E-state index in [1.165, 1.54) is 71.2 Å². The molecule has 312 valence electrons. The summed E-state index contributed by atoms with van der Waals surface area (Å²) in [4.78, 5) is 7.76. The number of benzene rings is 8. The van der Waals surface area contributed by atoms with Crippen LogP contribution in [0.1, 0.15) is 69.8 Å². The highest BCUT2D eigenvalue weighted by atomic mass is 16.5. The summed E-state index contributed by atoms with van der Waals surface area (Å²) < 4.78 is 11.6. The summed E-state index contributed by atoms with van der Waals surface area (Å²) >= 11 is 0. The number of anilines is 2. The van der Waals surface area contributed by atoms with E-state index in [1.807, 2.05) is 0 Å². The smallest absolute Gasteiger partial charge is 0.218 e. The fraction of sp³-hybridized carbons (Fsp3) is 0.169. The van der Waals surface area contributed by atoms with Gasteiger partial charge in [-0.25, -0.2) is 4.99 Å². The summed E-state index contributed by atoms with van der Waals surface area (Å²) in [6, 6.07) is 62.0. The Morgan fingerprint density at radius 3 is 1.59 bits per heavy atom. The van der Waals surface area contributed by atoms with Crippen LogP contribution in [-0.4, -0.2) is 21.3 Å². The third kappa shape index (κ3) is 6.01. The lowest BCUT2D eigenvalue weighted by Crippen LogP contribution is -2.30. The highest BCUT2D eigenvalue weighted by molar-refractivity contribution is 6.25. The Kier molecular flexibility index (Phi) is 8.42. The summed E-state index contributed by atoms with van der Waals surface area (Å²) in [5, 5.41) is 7.32. The number of fused-ring (bicyclic) bond motifs is 11. The van der Waals surface area contributed by atoms with Crippen molar-refractivity contribution in [2.24, 2.45) is 4.99 Å². The lowest BCUT2D eigenvalue weighted by atomic mass is 9.87. The third-order valence-corrected chi connectivity index (χ3v) is 13.6. The number of ether oxygens (including phenoxy) is 1. The molecule has 5 nitrogen and oxygen atoms in total. The van der Waals surface area contributed by atoms with Crippen LogP contribution in [0.3, 0.4) is 0 Å². The molecule has 2 unspecified atom stereocenters. The van der Waals surface area contributed by atoms with Crippen molar-refractivity contribution in [2.45, 2.75) is 64.6 Å². The van der Waals surface area contributed by atoms with Crippen LogP contribution in [0.25, 0.3) is 65.9 Å². The minimum Gasteiger partial charge on any atom is -0.450 e. The van der Waals surface area contributed by atoms with Gasteiger partial charge in [0.25, 0.3) is 0 Å². The number of nitrogens with zero attached hydrogens (tertiary/aromatic N) is 4. The number of rotatable bonds is 5. The summed E-state index contributed by atoms with van der Waals surface area (Å²) in [6.07, 6.45) is 4.14. The number of aromatic nitrogens is 2. The second-order valence-corrected chi connectivity index (χ2v) is 19.6. The van der Waals surface area contributed by atoms with E-state index in [2.05, 4.69) is 238 Å². The second kappa shape index (κ2) is 14.1. The molecule has 0 saturated carbocycles. The average Bonchev–Trinajstić information content (AvgIpc) is 4.11. The quantitative estimate of drug-likeness (QED) is 0.173. The van der Waals surface area contributed by atoms with Gasteiger partial charge in [-0.1, -0.05) is 133 Å². The molecule has 0 fully saturated rings. The molecule has 2 aliphatic heterocycles. The van der Waals surface area contributed by atoms with Gasteiger partial charge in [-0.05, 0) is 128 Å². The summed E-state index contributed by atoms with van der Waals surface area (Å²) in [5.74, 6) is 0.696. The first-order valence-corrected chi connectivity index (χ1v) is 22.5. The number of hydrogen-bond donors (Lipinski definition) is 0. The molecule has 0 radical (unpaired) electrons. The fourth-order valence-corrected chi connectivity index (χ4v) is 10.2. The summed E-state index contributed by atoms with van der Waals surface area (Å²) in [7, 11) is 0. The highest BCUT2D eigenvalue weighted by Gasteiger charge is 2.47. The lowest BCUT2D eigenvalue weighted by Gasteiger charge is -2.28. The SMILES string of the molecule is CC(C)(C)c1ccc(C2=NC3c4c(ccc5cc(-c6ccc7c(c6)c6ccn(-c8ccccc8)c6c6ccn(-c8ccccc8)c76)ccc45)N(c4ccc(C(C)(C)C)cc4)C3O2)cc1. The minimum atomic E-state index is -0.296. The van der Waals surface area contributed by atoms with Crippen molar-refractivity contribution in [1.29, 1.82) is 0 Å². The fourth-order valence-electron chi connectivity index (χ4n) is 10.2. The van der Waals surface area contributed by atoms with Crippen LogP contribution < -0.4 is 4.90 Å². The van der Waals surface area contributed by atoms with Gasteiger partial charge in [0.15, 0.2) is 0 Å². The average molecular weight is 831 g/mol. The Morgan fingerprint density at radius 1 is 0.453 bits per heavy atom. The topological polar surface area (TPSA) is 34.7 Å². The van der Waals surface area contributed by atoms with Gasteiger partial charge in [-0.2, -0.15) is 0 Å². The van der Waals surface area contributed by atoms with E-state index in [-0.39, 0.29) is 23.1 Å². The Labute approximate surface area is 374 Å². The van der Waals surface area contributed by atoms with E-state index in [1.54, 1.807) is 0 Å². The van der Waals surface area contributed by atoms with Gasteiger partial charge in [0.05, 0.1) is 16.7 Å². The minimum absolute atomic E-state index is 0.0568. The normalized spacial score (nSPS) is 16.2.